The predicted octanol–water partition coefficient (Wildman–Crippen LogP) is 4.30. The van der Waals surface area contributed by atoms with Gasteiger partial charge in [-0.1, -0.05) is 26.8 Å². The minimum Gasteiger partial charge on any atom is -0.396 e. The molecule has 0 amide bonds. The van der Waals surface area contributed by atoms with Gasteiger partial charge in [-0.3, -0.25) is 0 Å². The lowest BCUT2D eigenvalue weighted by Gasteiger charge is -2.17. The molecule has 0 saturated heterocycles. The fourth-order valence-corrected chi connectivity index (χ4v) is 3.41. The Labute approximate surface area is 113 Å². The maximum absolute atomic E-state index is 8.80. The van der Waals surface area contributed by atoms with E-state index < -0.39 is 0 Å². The first-order valence-corrected chi connectivity index (χ1v) is 7.95. The Kier molecular flexibility index (Phi) is 6.45. The first-order valence-electron chi connectivity index (χ1n) is 5.98. The number of hydrogen-bond donors (Lipinski definition) is 1. The maximum Gasteiger partial charge on any atom is 0.0525 e. The molecule has 1 aromatic rings. The van der Waals surface area contributed by atoms with Crippen LogP contribution < -0.4 is 0 Å². The molecule has 0 spiro atoms. The van der Waals surface area contributed by atoms with Crippen LogP contribution in [0.5, 0.6) is 0 Å². The molecule has 0 bridgehead atoms. The Bertz CT molecular complexity index is 331. The van der Waals surface area contributed by atoms with Gasteiger partial charge >= 0.3 is 0 Å². The quantitative estimate of drug-likeness (QED) is 0.778. The van der Waals surface area contributed by atoms with Gasteiger partial charge in [0.2, 0.25) is 0 Å². The summed E-state index contributed by atoms with van der Waals surface area (Å²) in [6.07, 6.45) is 1.23. The van der Waals surface area contributed by atoms with Crippen molar-refractivity contribution in [3.8, 4) is 0 Å². The second kappa shape index (κ2) is 7.34. The van der Waals surface area contributed by atoms with E-state index in [9.17, 15) is 0 Å². The van der Waals surface area contributed by atoms with E-state index in [2.05, 4.69) is 45.0 Å². The molecule has 0 aliphatic heterocycles. The van der Waals surface area contributed by atoms with Crippen LogP contribution in [0.4, 0.5) is 0 Å². The van der Waals surface area contributed by atoms with Crippen molar-refractivity contribution < 1.29 is 5.11 Å². The van der Waals surface area contributed by atoms with Crippen molar-refractivity contribution >= 4 is 23.5 Å². The van der Waals surface area contributed by atoms with Crippen molar-refractivity contribution in [1.82, 2.24) is 0 Å². The molecule has 0 heterocycles. The average Bonchev–Trinajstić information content (AvgIpc) is 2.25. The van der Waals surface area contributed by atoms with Crippen LogP contribution in [0.3, 0.4) is 0 Å². The summed E-state index contributed by atoms with van der Waals surface area (Å²) in [4.78, 5) is 2.58. The normalized spacial score (nSPS) is 11.8. The van der Waals surface area contributed by atoms with E-state index in [1.54, 1.807) is 11.8 Å². The highest BCUT2D eigenvalue weighted by Crippen LogP contribution is 2.28. The number of aliphatic hydroxyl groups excluding tert-OH is 1. The van der Waals surface area contributed by atoms with Crippen molar-refractivity contribution in [3.63, 3.8) is 0 Å². The molecule has 1 nitrogen and oxygen atoms in total. The fourth-order valence-electron chi connectivity index (χ4n) is 1.29. The van der Waals surface area contributed by atoms with E-state index in [4.69, 9.17) is 5.11 Å². The smallest absolute Gasteiger partial charge is 0.0525 e. The lowest BCUT2D eigenvalue weighted by Crippen LogP contribution is -2.05. The van der Waals surface area contributed by atoms with Gasteiger partial charge < -0.3 is 5.11 Å². The first-order chi connectivity index (χ1) is 8.01. The Morgan fingerprint density at radius 1 is 1.06 bits per heavy atom. The van der Waals surface area contributed by atoms with E-state index in [1.807, 2.05) is 11.8 Å². The lowest BCUT2D eigenvalue weighted by molar-refractivity contribution is 0.322. The molecular formula is C14H22OS2. The first kappa shape index (κ1) is 14.9. The number of aliphatic hydroxyl groups is 1. The van der Waals surface area contributed by atoms with Gasteiger partial charge in [-0.15, -0.1) is 23.5 Å². The molecule has 0 aromatic heterocycles. The van der Waals surface area contributed by atoms with Crippen molar-refractivity contribution in [1.29, 1.82) is 0 Å². The zero-order valence-corrected chi connectivity index (χ0v) is 12.5. The largest absolute Gasteiger partial charge is 0.396 e. The molecule has 1 rings (SSSR count). The van der Waals surface area contributed by atoms with Crippen LogP contribution in [0, 0.1) is 5.41 Å². The van der Waals surface area contributed by atoms with Gasteiger partial charge in [-0.2, -0.15) is 0 Å². The summed E-state index contributed by atoms with van der Waals surface area (Å²) < 4.78 is 0. The molecule has 0 unspecified atom stereocenters. The zero-order chi connectivity index (χ0) is 12.7. The average molecular weight is 270 g/mol. The van der Waals surface area contributed by atoms with Gasteiger partial charge in [0.05, 0.1) is 6.61 Å². The topological polar surface area (TPSA) is 20.2 Å². The second-order valence-corrected chi connectivity index (χ2v) is 7.54. The fraction of sp³-hybridized carbons (Fsp3) is 0.571. The number of benzene rings is 1. The van der Waals surface area contributed by atoms with Crippen LogP contribution in [0.15, 0.2) is 34.1 Å². The van der Waals surface area contributed by atoms with Gasteiger partial charge in [0.25, 0.3) is 0 Å². The third-order valence-electron chi connectivity index (χ3n) is 2.29. The Morgan fingerprint density at radius 2 is 1.65 bits per heavy atom. The zero-order valence-electron chi connectivity index (χ0n) is 10.9. The standard InChI is InChI=1S/C14H22OS2/c1-14(2,3)7-9-16-12-5-4-6-13(11-12)17-10-8-15/h4-6,11,15H,7-10H2,1-3H3. The van der Waals surface area contributed by atoms with E-state index in [-0.39, 0.29) is 6.61 Å². The highest BCUT2D eigenvalue weighted by atomic mass is 32.2. The van der Waals surface area contributed by atoms with Gasteiger partial charge in [0, 0.05) is 15.5 Å². The predicted molar refractivity (Wildman–Crippen MR) is 79.0 cm³/mol. The molecule has 17 heavy (non-hydrogen) atoms. The van der Waals surface area contributed by atoms with Gasteiger partial charge in [-0.25, -0.2) is 0 Å². The molecule has 0 fully saturated rings. The van der Waals surface area contributed by atoms with Crippen molar-refractivity contribution in [2.45, 2.75) is 37.0 Å². The summed E-state index contributed by atoms with van der Waals surface area (Å²) in [5.74, 6) is 1.94. The molecular weight excluding hydrogens is 248 g/mol. The summed E-state index contributed by atoms with van der Waals surface area (Å²) in [6.45, 7) is 7.08. The molecule has 0 atom stereocenters. The third kappa shape index (κ3) is 7.02. The van der Waals surface area contributed by atoms with Crippen molar-refractivity contribution in [2.24, 2.45) is 5.41 Å². The Morgan fingerprint density at radius 3 is 2.18 bits per heavy atom. The molecule has 3 heteroatoms. The van der Waals surface area contributed by atoms with Crippen molar-refractivity contribution in [3.05, 3.63) is 24.3 Å². The van der Waals surface area contributed by atoms with Crippen LogP contribution in [-0.4, -0.2) is 23.2 Å². The summed E-state index contributed by atoms with van der Waals surface area (Å²) in [5.41, 5.74) is 0.413. The Hall–Kier alpha value is -0.120. The van der Waals surface area contributed by atoms with Crippen LogP contribution >= 0.6 is 23.5 Å². The van der Waals surface area contributed by atoms with Gasteiger partial charge in [0.1, 0.15) is 0 Å². The molecule has 96 valence electrons. The SMILES string of the molecule is CC(C)(C)CCSc1cccc(SCCO)c1. The summed E-state index contributed by atoms with van der Waals surface area (Å²) >= 11 is 3.63. The van der Waals surface area contributed by atoms with E-state index in [0.717, 1.165) is 11.5 Å². The van der Waals surface area contributed by atoms with E-state index >= 15 is 0 Å². The molecule has 0 radical (unpaired) electrons. The Balaban J connectivity index is 2.43. The summed E-state index contributed by atoms with van der Waals surface area (Å²) in [5, 5.41) is 8.80. The van der Waals surface area contributed by atoms with Crippen LogP contribution in [0.2, 0.25) is 0 Å². The minimum absolute atomic E-state index is 0.242. The highest BCUT2D eigenvalue weighted by molar-refractivity contribution is 8.00. The van der Waals surface area contributed by atoms with Gasteiger partial charge in [0.15, 0.2) is 0 Å². The molecule has 0 saturated carbocycles. The minimum atomic E-state index is 0.242. The van der Waals surface area contributed by atoms with E-state index in [1.165, 1.54) is 16.2 Å². The van der Waals surface area contributed by atoms with Gasteiger partial charge in [-0.05, 0) is 35.8 Å². The summed E-state index contributed by atoms with van der Waals surface area (Å²) in [6, 6.07) is 8.58. The summed E-state index contributed by atoms with van der Waals surface area (Å²) in [7, 11) is 0. The van der Waals surface area contributed by atoms with Crippen molar-refractivity contribution in [2.75, 3.05) is 18.1 Å². The third-order valence-corrected chi connectivity index (χ3v) is 4.26. The van der Waals surface area contributed by atoms with Crippen LogP contribution in [0.25, 0.3) is 0 Å². The van der Waals surface area contributed by atoms with E-state index in [0.29, 0.717) is 5.41 Å². The lowest BCUT2D eigenvalue weighted by atomic mass is 9.94. The number of hydrogen-bond acceptors (Lipinski definition) is 3. The second-order valence-electron chi connectivity index (χ2n) is 5.21. The molecule has 1 aromatic carbocycles. The number of rotatable bonds is 6. The highest BCUT2D eigenvalue weighted by Gasteiger charge is 2.09. The molecule has 0 aliphatic rings. The van der Waals surface area contributed by atoms with Crippen LogP contribution in [0.1, 0.15) is 27.2 Å². The molecule has 1 N–H and O–H groups in total. The van der Waals surface area contributed by atoms with Crippen LogP contribution in [-0.2, 0) is 0 Å². The molecule has 0 aliphatic carbocycles. The monoisotopic (exact) mass is 270 g/mol. The maximum atomic E-state index is 8.80. The number of thioether (sulfide) groups is 2.